The lowest BCUT2D eigenvalue weighted by molar-refractivity contribution is -0.179. The number of halogens is 2. The van der Waals surface area contributed by atoms with Gasteiger partial charge in [0.25, 0.3) is 0 Å². The van der Waals surface area contributed by atoms with E-state index >= 15 is 8.78 Å². The number of pyridine rings is 1. The topological polar surface area (TPSA) is 135 Å². The third kappa shape index (κ3) is 4.56. The van der Waals surface area contributed by atoms with Crippen LogP contribution in [0.4, 0.5) is 14.5 Å². The first-order chi connectivity index (χ1) is 25.3. The van der Waals surface area contributed by atoms with Gasteiger partial charge >= 0.3 is 5.97 Å². The van der Waals surface area contributed by atoms with Crippen molar-refractivity contribution in [3.8, 4) is 0 Å². The Labute approximate surface area is 304 Å². The van der Waals surface area contributed by atoms with Crippen LogP contribution in [-0.2, 0) is 23.9 Å². The SMILES string of the molecule is C[C@H]1[C@@H](C(=O)Nc2ccc3cnccc3c2F)[C@@H]1c1ccc(C(=O)OCC(=O)[C@]23O[C@@]24C[C@H](O)[C@@]2(F)[C@@H](CCC5=CC(=O)C=C[C@@]52C)[C@@H]4C[C@H]3C)cc1. The summed E-state index contributed by atoms with van der Waals surface area (Å²) in [5, 5.41) is 15.3. The molecule has 274 valence electrons. The molecule has 9 rings (SSSR count). The number of nitrogens with zero attached hydrogens (tertiary/aromatic N) is 1. The summed E-state index contributed by atoms with van der Waals surface area (Å²) >= 11 is 0. The van der Waals surface area contributed by atoms with Gasteiger partial charge in [0, 0.05) is 46.8 Å². The molecule has 3 aromatic rings. The van der Waals surface area contributed by atoms with Crippen molar-refractivity contribution in [2.45, 2.75) is 75.3 Å². The van der Waals surface area contributed by atoms with Crippen molar-refractivity contribution in [2.75, 3.05) is 11.9 Å². The van der Waals surface area contributed by atoms with E-state index in [9.17, 15) is 24.3 Å². The van der Waals surface area contributed by atoms with E-state index in [2.05, 4.69) is 10.3 Å². The van der Waals surface area contributed by atoms with Crippen LogP contribution < -0.4 is 5.32 Å². The number of carbonyl (C=O) groups is 4. The minimum absolute atomic E-state index is 0.000311. The quantitative estimate of drug-likeness (QED) is 0.217. The van der Waals surface area contributed by atoms with Gasteiger partial charge in [0.15, 0.2) is 29.5 Å². The van der Waals surface area contributed by atoms with Crippen molar-refractivity contribution in [1.82, 2.24) is 4.98 Å². The van der Waals surface area contributed by atoms with Crippen LogP contribution in [0.3, 0.4) is 0 Å². The number of Topliss-reactive ketones (excluding diaryl/α,β-unsaturated/α-hetero) is 1. The minimum Gasteiger partial charge on any atom is -0.454 e. The van der Waals surface area contributed by atoms with Crippen molar-refractivity contribution >= 4 is 39.9 Å². The smallest absolute Gasteiger partial charge is 0.338 e. The summed E-state index contributed by atoms with van der Waals surface area (Å²) in [7, 11) is 0. The van der Waals surface area contributed by atoms with E-state index in [0.717, 1.165) is 5.56 Å². The fourth-order valence-corrected chi connectivity index (χ4v) is 11.1. The monoisotopic (exact) mass is 722 g/mol. The standard InChI is InChI=1S/C42H40F2N2O7/c1-21-16-30-29-10-9-26-17-27(47)12-14-39(26,3)41(29,44)32(48)18-40(30)42(21,53-40)33(49)20-52-38(51)24-6-4-23(5-7-24)34-22(2)35(34)37(50)46-31-11-8-25-19-45-15-13-28(25)36(31)43/h4-8,11-15,17,19,21-22,29-30,32,34-35,48H,9-10,16,18,20H2,1-3H3,(H,46,50)/t21-,22-,29+,30+,32+,34+,35-,39+,40-,41+,42+/m1/s1. The summed E-state index contributed by atoms with van der Waals surface area (Å²) in [4.78, 5) is 56.3. The number of aromatic nitrogens is 1. The Balaban J connectivity index is 0.845. The predicted molar refractivity (Wildman–Crippen MR) is 189 cm³/mol. The Morgan fingerprint density at radius 2 is 1.87 bits per heavy atom. The van der Waals surface area contributed by atoms with Crippen LogP contribution in [0, 0.1) is 40.8 Å². The summed E-state index contributed by atoms with van der Waals surface area (Å²) in [6.07, 6.45) is 7.53. The van der Waals surface area contributed by atoms with Gasteiger partial charge in [-0.15, -0.1) is 0 Å². The van der Waals surface area contributed by atoms with Crippen molar-refractivity contribution < 1.29 is 42.5 Å². The maximum absolute atomic E-state index is 17.4. The number of hydrogen-bond acceptors (Lipinski definition) is 8. The molecule has 9 nitrogen and oxygen atoms in total. The molecule has 2 aromatic carbocycles. The number of alkyl halides is 1. The Hall–Kier alpha value is -4.61. The van der Waals surface area contributed by atoms with E-state index in [-0.39, 0.29) is 59.0 Å². The van der Waals surface area contributed by atoms with Gasteiger partial charge in [-0.2, -0.15) is 0 Å². The number of anilines is 1. The van der Waals surface area contributed by atoms with Crippen LogP contribution in [0.5, 0.6) is 0 Å². The first kappa shape index (κ1) is 34.2. The number of amides is 1. The minimum atomic E-state index is -2.02. The molecule has 11 atom stereocenters. The second kappa shape index (κ2) is 11.4. The fourth-order valence-electron chi connectivity index (χ4n) is 11.1. The number of epoxide rings is 1. The van der Waals surface area contributed by atoms with Gasteiger partial charge in [0.2, 0.25) is 11.7 Å². The van der Waals surface area contributed by atoms with E-state index in [1.165, 1.54) is 24.4 Å². The molecular weight excluding hydrogens is 682 g/mol. The molecule has 53 heavy (non-hydrogen) atoms. The number of ketones is 2. The molecule has 2 heterocycles. The lowest BCUT2D eigenvalue weighted by atomic mass is 9.48. The first-order valence-electron chi connectivity index (χ1n) is 18.4. The number of allylic oxidation sites excluding steroid dienone is 4. The van der Waals surface area contributed by atoms with E-state index in [1.54, 1.807) is 55.6 Å². The molecule has 1 aromatic heterocycles. The number of carbonyl (C=O) groups excluding carboxylic acids is 4. The number of aliphatic hydroxyl groups is 1. The second-order valence-corrected chi connectivity index (χ2v) is 16.3. The number of ether oxygens (including phenoxy) is 2. The van der Waals surface area contributed by atoms with E-state index in [0.29, 0.717) is 35.6 Å². The number of fused-ring (bicyclic) bond motifs is 5. The van der Waals surface area contributed by atoms with Gasteiger partial charge < -0.3 is 19.9 Å². The number of aliphatic hydroxyl groups excluding tert-OH is 1. The summed E-state index contributed by atoms with van der Waals surface area (Å²) in [6.45, 7) is 5.07. The Kier molecular flexibility index (Phi) is 7.38. The molecule has 1 spiro atoms. The lowest BCUT2D eigenvalue weighted by Gasteiger charge is -2.59. The Morgan fingerprint density at radius 1 is 1.09 bits per heavy atom. The fraction of sp³-hybridized carbons (Fsp3) is 0.452. The van der Waals surface area contributed by atoms with Crippen LogP contribution in [0.25, 0.3) is 10.8 Å². The van der Waals surface area contributed by atoms with Crippen molar-refractivity contribution in [3.63, 3.8) is 0 Å². The van der Waals surface area contributed by atoms with Crippen molar-refractivity contribution in [2.24, 2.45) is 35.0 Å². The second-order valence-electron chi connectivity index (χ2n) is 16.3. The molecule has 1 aliphatic heterocycles. The molecule has 6 aliphatic rings. The first-order valence-corrected chi connectivity index (χ1v) is 18.4. The van der Waals surface area contributed by atoms with Gasteiger partial charge in [-0.25, -0.2) is 13.6 Å². The van der Waals surface area contributed by atoms with Crippen LogP contribution in [0.2, 0.25) is 0 Å². The third-order valence-electron chi connectivity index (χ3n) is 13.9. The molecule has 1 saturated heterocycles. The normalized spacial score (nSPS) is 38.9. The van der Waals surface area contributed by atoms with Gasteiger partial charge in [-0.05, 0) is 91.8 Å². The van der Waals surface area contributed by atoms with Crippen LogP contribution in [0.15, 0.2) is 78.7 Å². The predicted octanol–water partition coefficient (Wildman–Crippen LogP) is 6.21. The molecule has 0 radical (unpaired) electrons. The molecule has 5 aliphatic carbocycles. The average Bonchev–Trinajstić information content (AvgIpc) is 4.01. The van der Waals surface area contributed by atoms with Gasteiger partial charge in [-0.3, -0.25) is 19.4 Å². The maximum Gasteiger partial charge on any atom is 0.338 e. The Bertz CT molecular complexity index is 2190. The van der Waals surface area contributed by atoms with Gasteiger partial charge in [0.1, 0.15) is 5.60 Å². The summed E-state index contributed by atoms with van der Waals surface area (Å²) in [5.74, 6) is -3.74. The van der Waals surface area contributed by atoms with Gasteiger partial charge in [-0.1, -0.05) is 43.7 Å². The number of benzene rings is 2. The third-order valence-corrected chi connectivity index (χ3v) is 13.9. The molecular formula is C42H40F2N2O7. The molecule has 1 amide bonds. The summed E-state index contributed by atoms with van der Waals surface area (Å²) in [5.41, 5.74) is -3.59. The van der Waals surface area contributed by atoms with Crippen LogP contribution >= 0.6 is 0 Å². The largest absolute Gasteiger partial charge is 0.454 e. The highest BCUT2D eigenvalue weighted by atomic mass is 19.1. The molecule has 5 fully saturated rings. The highest BCUT2D eigenvalue weighted by Gasteiger charge is 2.88. The number of nitrogens with one attached hydrogen (secondary N) is 1. The average molecular weight is 723 g/mol. The maximum atomic E-state index is 17.4. The number of esters is 1. The van der Waals surface area contributed by atoms with Gasteiger partial charge in [0.05, 0.1) is 17.4 Å². The van der Waals surface area contributed by atoms with Crippen molar-refractivity contribution in [3.05, 3.63) is 95.6 Å². The number of rotatable bonds is 7. The van der Waals surface area contributed by atoms with Crippen molar-refractivity contribution in [1.29, 1.82) is 0 Å². The zero-order valence-corrected chi connectivity index (χ0v) is 29.6. The molecule has 2 N–H and O–H groups in total. The summed E-state index contributed by atoms with van der Waals surface area (Å²) < 4.78 is 44.3. The van der Waals surface area contributed by atoms with E-state index in [1.807, 2.05) is 13.8 Å². The zero-order chi connectivity index (χ0) is 37.2. The Morgan fingerprint density at radius 3 is 2.64 bits per heavy atom. The molecule has 11 heteroatoms. The highest BCUT2D eigenvalue weighted by molar-refractivity contribution is 6.01. The molecule has 0 unspecified atom stereocenters. The van der Waals surface area contributed by atoms with Crippen LogP contribution in [-0.4, -0.2) is 63.1 Å². The van der Waals surface area contributed by atoms with E-state index < -0.39 is 58.5 Å². The highest BCUT2D eigenvalue weighted by Crippen LogP contribution is 2.76. The molecule has 4 saturated carbocycles. The van der Waals surface area contributed by atoms with E-state index in [4.69, 9.17) is 9.47 Å². The summed E-state index contributed by atoms with van der Waals surface area (Å²) in [6, 6.07) is 11.5. The zero-order valence-electron chi connectivity index (χ0n) is 29.6. The van der Waals surface area contributed by atoms with Crippen LogP contribution in [0.1, 0.15) is 68.3 Å². The number of hydrogen-bond donors (Lipinski definition) is 2. The lowest BCUT2D eigenvalue weighted by Crippen LogP contribution is -2.66. The molecule has 0 bridgehead atoms.